The van der Waals surface area contributed by atoms with E-state index in [4.69, 9.17) is 0 Å². The van der Waals surface area contributed by atoms with E-state index in [1.54, 1.807) is 17.5 Å². The quantitative estimate of drug-likeness (QED) is 0.599. The van der Waals surface area contributed by atoms with E-state index in [-0.39, 0.29) is 11.5 Å². The summed E-state index contributed by atoms with van der Waals surface area (Å²) < 4.78 is 1.80. The number of imidazole rings is 1. The lowest BCUT2D eigenvalue weighted by Crippen LogP contribution is -2.29. The highest BCUT2D eigenvalue weighted by atomic mass is 32.1. The SMILES string of the molecule is Cc1cc(=O)[nH]c(NCCNC(=O)c2cn3ccsc3n2)n1. The van der Waals surface area contributed by atoms with Gasteiger partial charge in [-0.15, -0.1) is 11.3 Å². The van der Waals surface area contributed by atoms with Crippen molar-refractivity contribution in [2.45, 2.75) is 6.92 Å². The minimum Gasteiger partial charge on any atom is -0.354 e. The minimum atomic E-state index is -0.233. The second-order valence-corrected chi connectivity index (χ2v) is 5.51. The maximum absolute atomic E-state index is 11.9. The van der Waals surface area contributed by atoms with Gasteiger partial charge >= 0.3 is 0 Å². The molecule has 22 heavy (non-hydrogen) atoms. The van der Waals surface area contributed by atoms with Gasteiger partial charge in [0.25, 0.3) is 11.5 Å². The van der Waals surface area contributed by atoms with E-state index in [2.05, 4.69) is 25.6 Å². The standard InChI is InChI=1S/C13H14N6O2S/c1-8-6-10(20)18-12(16-8)15-3-2-14-11(21)9-7-19-4-5-22-13(19)17-9/h4-7H,2-3H2,1H3,(H,14,21)(H2,15,16,18,20). The maximum Gasteiger partial charge on any atom is 0.271 e. The predicted molar refractivity (Wildman–Crippen MR) is 83.5 cm³/mol. The van der Waals surface area contributed by atoms with Crippen LogP contribution in [0.5, 0.6) is 0 Å². The summed E-state index contributed by atoms with van der Waals surface area (Å²) in [5.41, 5.74) is 0.805. The molecule has 3 heterocycles. The Bertz CT molecular complexity index is 836. The second-order valence-electron chi connectivity index (χ2n) is 4.64. The largest absolute Gasteiger partial charge is 0.354 e. The molecule has 3 aromatic rings. The second kappa shape index (κ2) is 5.98. The van der Waals surface area contributed by atoms with Crippen LogP contribution in [0.25, 0.3) is 4.96 Å². The van der Waals surface area contributed by atoms with Crippen molar-refractivity contribution in [2.24, 2.45) is 0 Å². The van der Waals surface area contributed by atoms with Crippen LogP contribution in [0, 0.1) is 6.92 Å². The van der Waals surface area contributed by atoms with Crippen LogP contribution in [-0.4, -0.2) is 38.3 Å². The van der Waals surface area contributed by atoms with Gasteiger partial charge in [-0.05, 0) is 6.92 Å². The van der Waals surface area contributed by atoms with E-state index in [1.165, 1.54) is 17.4 Å². The average molecular weight is 318 g/mol. The van der Waals surface area contributed by atoms with Gasteiger partial charge in [-0.2, -0.15) is 0 Å². The number of aryl methyl sites for hydroxylation is 1. The van der Waals surface area contributed by atoms with Crippen molar-refractivity contribution >= 4 is 28.2 Å². The number of H-pyrrole nitrogens is 1. The number of fused-ring (bicyclic) bond motifs is 1. The first kappa shape index (κ1) is 14.3. The smallest absolute Gasteiger partial charge is 0.271 e. The summed E-state index contributed by atoms with van der Waals surface area (Å²) in [7, 11) is 0. The average Bonchev–Trinajstić information content (AvgIpc) is 3.03. The lowest BCUT2D eigenvalue weighted by Gasteiger charge is -2.06. The number of amides is 1. The van der Waals surface area contributed by atoms with Crippen LogP contribution >= 0.6 is 11.3 Å². The van der Waals surface area contributed by atoms with Gasteiger partial charge in [-0.1, -0.05) is 0 Å². The third-order valence-corrected chi connectivity index (χ3v) is 3.67. The molecule has 1 amide bonds. The molecule has 0 saturated heterocycles. The van der Waals surface area contributed by atoms with Crippen molar-refractivity contribution in [1.29, 1.82) is 0 Å². The van der Waals surface area contributed by atoms with Crippen LogP contribution in [0.2, 0.25) is 0 Å². The Morgan fingerprint density at radius 2 is 2.27 bits per heavy atom. The van der Waals surface area contributed by atoms with E-state index >= 15 is 0 Å². The Morgan fingerprint density at radius 1 is 1.41 bits per heavy atom. The Kier molecular flexibility index (Phi) is 3.88. The molecule has 0 aliphatic carbocycles. The molecular weight excluding hydrogens is 304 g/mol. The molecule has 0 unspecified atom stereocenters. The van der Waals surface area contributed by atoms with E-state index in [1.807, 2.05) is 11.6 Å². The van der Waals surface area contributed by atoms with Crippen molar-refractivity contribution in [1.82, 2.24) is 24.7 Å². The number of hydrogen-bond donors (Lipinski definition) is 3. The predicted octanol–water partition coefficient (Wildman–Crippen LogP) is 0.629. The molecule has 0 saturated carbocycles. The monoisotopic (exact) mass is 318 g/mol. The summed E-state index contributed by atoms with van der Waals surface area (Å²) in [6, 6.07) is 1.41. The van der Waals surface area contributed by atoms with E-state index in [0.29, 0.717) is 30.4 Å². The fraction of sp³-hybridized carbons (Fsp3) is 0.231. The van der Waals surface area contributed by atoms with Gasteiger partial charge in [0, 0.05) is 42.6 Å². The first-order valence-electron chi connectivity index (χ1n) is 6.64. The number of nitrogens with zero attached hydrogens (tertiary/aromatic N) is 3. The lowest BCUT2D eigenvalue weighted by atomic mass is 10.4. The molecule has 9 heteroatoms. The van der Waals surface area contributed by atoms with Gasteiger partial charge in [0.1, 0.15) is 5.69 Å². The number of carbonyl (C=O) groups is 1. The molecule has 0 spiro atoms. The Balaban J connectivity index is 1.51. The number of nitrogens with one attached hydrogen (secondary N) is 3. The van der Waals surface area contributed by atoms with E-state index in [9.17, 15) is 9.59 Å². The molecule has 0 bridgehead atoms. The van der Waals surface area contributed by atoms with Crippen LogP contribution in [0.4, 0.5) is 5.95 Å². The Labute approximate surface area is 129 Å². The zero-order valence-corrected chi connectivity index (χ0v) is 12.6. The van der Waals surface area contributed by atoms with Crippen molar-refractivity contribution in [3.8, 4) is 0 Å². The van der Waals surface area contributed by atoms with Crippen LogP contribution in [0.3, 0.4) is 0 Å². The van der Waals surface area contributed by atoms with Gasteiger partial charge in [-0.3, -0.25) is 19.0 Å². The molecule has 114 valence electrons. The third-order valence-electron chi connectivity index (χ3n) is 2.90. The highest BCUT2D eigenvalue weighted by Crippen LogP contribution is 2.10. The molecular formula is C13H14N6O2S. The topological polar surface area (TPSA) is 104 Å². The van der Waals surface area contributed by atoms with Crippen molar-refractivity contribution < 1.29 is 4.79 Å². The van der Waals surface area contributed by atoms with Crippen molar-refractivity contribution in [2.75, 3.05) is 18.4 Å². The first-order valence-corrected chi connectivity index (χ1v) is 7.52. The normalized spacial score (nSPS) is 10.8. The fourth-order valence-electron chi connectivity index (χ4n) is 1.95. The molecule has 0 fully saturated rings. The molecule has 0 aliphatic heterocycles. The summed E-state index contributed by atoms with van der Waals surface area (Å²) in [6.07, 6.45) is 3.54. The van der Waals surface area contributed by atoms with Gasteiger partial charge in [-0.25, -0.2) is 9.97 Å². The number of thiazole rings is 1. The molecule has 3 aromatic heterocycles. The van der Waals surface area contributed by atoms with Crippen LogP contribution in [-0.2, 0) is 0 Å². The lowest BCUT2D eigenvalue weighted by molar-refractivity contribution is 0.0951. The molecule has 0 radical (unpaired) electrons. The molecule has 0 atom stereocenters. The number of aromatic nitrogens is 4. The van der Waals surface area contributed by atoms with Gasteiger partial charge in [0.05, 0.1) is 0 Å². The summed E-state index contributed by atoms with van der Waals surface area (Å²) in [6.45, 7) is 2.58. The summed E-state index contributed by atoms with van der Waals surface area (Å²) >= 11 is 1.47. The highest BCUT2D eigenvalue weighted by molar-refractivity contribution is 7.15. The molecule has 0 aliphatic rings. The number of rotatable bonds is 5. The molecule has 8 nitrogen and oxygen atoms in total. The third kappa shape index (κ3) is 3.14. The van der Waals surface area contributed by atoms with Gasteiger partial charge in [0.2, 0.25) is 5.95 Å². The van der Waals surface area contributed by atoms with Crippen molar-refractivity contribution in [3.05, 3.63) is 45.6 Å². The van der Waals surface area contributed by atoms with E-state index in [0.717, 1.165) is 4.96 Å². The Hall–Kier alpha value is -2.68. The van der Waals surface area contributed by atoms with Crippen LogP contribution in [0.1, 0.15) is 16.2 Å². The fourth-order valence-corrected chi connectivity index (χ4v) is 2.65. The molecule has 3 N–H and O–H groups in total. The van der Waals surface area contributed by atoms with E-state index < -0.39 is 0 Å². The van der Waals surface area contributed by atoms with Gasteiger partial charge < -0.3 is 10.6 Å². The zero-order valence-electron chi connectivity index (χ0n) is 11.8. The molecule has 0 aromatic carbocycles. The first-order chi connectivity index (χ1) is 10.6. The van der Waals surface area contributed by atoms with Crippen LogP contribution in [0.15, 0.2) is 28.6 Å². The minimum absolute atomic E-state index is 0.211. The number of hydrogen-bond acceptors (Lipinski definition) is 6. The molecule has 3 rings (SSSR count). The maximum atomic E-state index is 11.9. The number of aromatic amines is 1. The van der Waals surface area contributed by atoms with Crippen molar-refractivity contribution in [3.63, 3.8) is 0 Å². The highest BCUT2D eigenvalue weighted by Gasteiger charge is 2.10. The number of carbonyl (C=O) groups excluding carboxylic acids is 1. The number of anilines is 1. The summed E-state index contributed by atoms with van der Waals surface area (Å²) in [4.78, 5) is 34.9. The van der Waals surface area contributed by atoms with Crippen LogP contribution < -0.4 is 16.2 Å². The zero-order chi connectivity index (χ0) is 15.5. The summed E-state index contributed by atoms with van der Waals surface area (Å²) in [5.74, 6) is 0.158. The van der Waals surface area contributed by atoms with Gasteiger partial charge in [0.15, 0.2) is 4.96 Å². The Morgan fingerprint density at radius 3 is 3.05 bits per heavy atom. The summed E-state index contributed by atoms with van der Waals surface area (Å²) in [5, 5.41) is 7.61.